The Kier molecular flexibility index (Phi) is 6.59. The van der Waals surface area contributed by atoms with Crippen LogP contribution in [0.5, 0.6) is 17.2 Å². The molecule has 0 saturated carbocycles. The Morgan fingerprint density at radius 2 is 1.55 bits per heavy atom. The zero-order valence-electron chi connectivity index (χ0n) is 16.9. The number of hydrogen-bond donors (Lipinski definition) is 1. The van der Waals surface area contributed by atoms with Crippen LogP contribution in [0.4, 0.5) is 0 Å². The van der Waals surface area contributed by atoms with Gasteiger partial charge in [-0.25, -0.2) is 0 Å². The quantitative estimate of drug-likeness (QED) is 0.810. The summed E-state index contributed by atoms with van der Waals surface area (Å²) in [5.41, 5.74) is 1.04. The van der Waals surface area contributed by atoms with Crippen molar-refractivity contribution < 1.29 is 23.8 Å². The van der Waals surface area contributed by atoms with E-state index in [1.807, 2.05) is 6.07 Å². The van der Waals surface area contributed by atoms with Crippen molar-refractivity contribution in [2.75, 3.05) is 34.4 Å². The molecule has 7 nitrogen and oxygen atoms in total. The van der Waals surface area contributed by atoms with Crippen molar-refractivity contribution in [3.05, 3.63) is 53.6 Å². The highest BCUT2D eigenvalue weighted by Crippen LogP contribution is 2.25. The highest BCUT2D eigenvalue weighted by molar-refractivity contribution is 5.97. The molecule has 0 bridgehead atoms. The molecule has 1 aliphatic heterocycles. The van der Waals surface area contributed by atoms with E-state index in [1.54, 1.807) is 62.6 Å². The molecule has 0 atom stereocenters. The standard InChI is InChI=1S/C22H26N2O5/c1-27-17-12-15(13-18(14-17)28-2)22(26)24-10-8-16(9-11-24)23-21(25)19-6-4-5-7-20(19)29-3/h4-7,12-14,16H,8-11H2,1-3H3,(H,23,25). The van der Waals surface area contributed by atoms with Gasteiger partial charge in [-0.05, 0) is 37.1 Å². The minimum atomic E-state index is -0.162. The van der Waals surface area contributed by atoms with Gasteiger partial charge in [-0.15, -0.1) is 0 Å². The van der Waals surface area contributed by atoms with Gasteiger partial charge in [-0.2, -0.15) is 0 Å². The fraction of sp³-hybridized carbons (Fsp3) is 0.364. The van der Waals surface area contributed by atoms with E-state index in [0.29, 0.717) is 54.3 Å². The third-order valence-electron chi connectivity index (χ3n) is 5.07. The molecule has 1 fully saturated rings. The van der Waals surface area contributed by atoms with Crippen LogP contribution in [0, 0.1) is 0 Å². The van der Waals surface area contributed by atoms with Gasteiger partial charge in [0, 0.05) is 30.8 Å². The molecule has 2 aromatic carbocycles. The largest absolute Gasteiger partial charge is 0.497 e. The average molecular weight is 398 g/mol. The summed E-state index contributed by atoms with van der Waals surface area (Å²) in [6, 6.07) is 12.3. The molecule has 1 aliphatic rings. The second-order valence-corrected chi connectivity index (χ2v) is 6.84. The summed E-state index contributed by atoms with van der Waals surface area (Å²) in [5, 5.41) is 3.05. The van der Waals surface area contributed by atoms with E-state index in [2.05, 4.69) is 5.32 Å². The number of carbonyl (C=O) groups excluding carboxylic acids is 2. The molecule has 1 heterocycles. The van der Waals surface area contributed by atoms with Gasteiger partial charge in [-0.3, -0.25) is 9.59 Å². The number of methoxy groups -OCH3 is 3. The molecule has 2 amide bonds. The Hall–Kier alpha value is -3.22. The van der Waals surface area contributed by atoms with Crippen LogP contribution in [0.1, 0.15) is 33.6 Å². The van der Waals surface area contributed by atoms with Gasteiger partial charge in [0.2, 0.25) is 0 Å². The molecule has 3 rings (SSSR count). The molecule has 29 heavy (non-hydrogen) atoms. The summed E-state index contributed by atoms with van der Waals surface area (Å²) >= 11 is 0. The summed E-state index contributed by atoms with van der Waals surface area (Å²) in [6.07, 6.45) is 1.38. The fourth-order valence-electron chi connectivity index (χ4n) is 3.44. The molecular formula is C22H26N2O5. The molecule has 1 saturated heterocycles. The van der Waals surface area contributed by atoms with E-state index in [-0.39, 0.29) is 17.9 Å². The van der Waals surface area contributed by atoms with Crippen LogP contribution in [-0.4, -0.2) is 57.2 Å². The average Bonchev–Trinajstić information content (AvgIpc) is 2.78. The third kappa shape index (κ3) is 4.80. The van der Waals surface area contributed by atoms with E-state index >= 15 is 0 Å². The van der Waals surface area contributed by atoms with Gasteiger partial charge < -0.3 is 24.4 Å². The number of likely N-dealkylation sites (tertiary alicyclic amines) is 1. The molecule has 0 aliphatic carbocycles. The number of amides is 2. The van der Waals surface area contributed by atoms with Gasteiger partial charge >= 0.3 is 0 Å². The number of hydrogen-bond acceptors (Lipinski definition) is 5. The highest BCUT2D eigenvalue weighted by Gasteiger charge is 2.26. The van der Waals surface area contributed by atoms with Crippen LogP contribution >= 0.6 is 0 Å². The van der Waals surface area contributed by atoms with E-state index < -0.39 is 0 Å². The molecule has 2 aromatic rings. The Bertz CT molecular complexity index is 853. The van der Waals surface area contributed by atoms with Crippen molar-refractivity contribution in [2.24, 2.45) is 0 Å². The van der Waals surface area contributed by atoms with Gasteiger partial charge in [0.15, 0.2) is 0 Å². The normalized spacial score (nSPS) is 14.2. The lowest BCUT2D eigenvalue weighted by Crippen LogP contribution is -2.46. The topological polar surface area (TPSA) is 77.1 Å². The number of nitrogens with one attached hydrogen (secondary N) is 1. The van der Waals surface area contributed by atoms with E-state index in [4.69, 9.17) is 14.2 Å². The van der Waals surface area contributed by atoms with Crippen LogP contribution in [0.2, 0.25) is 0 Å². The first-order chi connectivity index (χ1) is 14.0. The van der Waals surface area contributed by atoms with Gasteiger partial charge in [0.1, 0.15) is 17.2 Å². The van der Waals surface area contributed by atoms with Crippen LogP contribution in [0.25, 0.3) is 0 Å². The highest BCUT2D eigenvalue weighted by atomic mass is 16.5. The van der Waals surface area contributed by atoms with Crippen LogP contribution in [0.3, 0.4) is 0 Å². The van der Waals surface area contributed by atoms with Gasteiger partial charge in [0.05, 0.1) is 26.9 Å². The van der Waals surface area contributed by atoms with Crippen LogP contribution in [0.15, 0.2) is 42.5 Å². The predicted octanol–water partition coefficient (Wildman–Crippen LogP) is 2.75. The van der Waals surface area contributed by atoms with Crippen LogP contribution in [-0.2, 0) is 0 Å². The molecule has 0 radical (unpaired) electrons. The maximum atomic E-state index is 12.9. The van der Waals surface area contributed by atoms with E-state index in [1.165, 1.54) is 0 Å². The lowest BCUT2D eigenvalue weighted by molar-refractivity contribution is 0.0697. The van der Waals surface area contributed by atoms with Crippen molar-refractivity contribution in [1.29, 1.82) is 0 Å². The number of para-hydroxylation sites is 1. The smallest absolute Gasteiger partial charge is 0.255 e. The summed E-state index contributed by atoms with van der Waals surface area (Å²) < 4.78 is 15.8. The Labute approximate surface area is 170 Å². The summed E-state index contributed by atoms with van der Waals surface area (Å²) in [4.78, 5) is 27.2. The van der Waals surface area contributed by atoms with Gasteiger partial charge in [0.25, 0.3) is 11.8 Å². The SMILES string of the molecule is COc1cc(OC)cc(C(=O)N2CCC(NC(=O)c3ccccc3OC)CC2)c1. The first kappa shape index (κ1) is 20.5. The predicted molar refractivity (Wildman–Crippen MR) is 109 cm³/mol. The van der Waals surface area contributed by atoms with E-state index in [0.717, 1.165) is 0 Å². The van der Waals surface area contributed by atoms with Crippen molar-refractivity contribution >= 4 is 11.8 Å². The van der Waals surface area contributed by atoms with Crippen molar-refractivity contribution in [3.8, 4) is 17.2 Å². The second-order valence-electron chi connectivity index (χ2n) is 6.84. The maximum Gasteiger partial charge on any atom is 0.255 e. The fourth-order valence-corrected chi connectivity index (χ4v) is 3.44. The zero-order chi connectivity index (χ0) is 20.8. The number of piperidine rings is 1. The maximum absolute atomic E-state index is 12.9. The molecule has 7 heteroatoms. The number of nitrogens with zero attached hydrogens (tertiary/aromatic N) is 1. The molecular weight excluding hydrogens is 372 g/mol. The van der Waals surface area contributed by atoms with E-state index in [9.17, 15) is 9.59 Å². The molecule has 154 valence electrons. The first-order valence-corrected chi connectivity index (χ1v) is 9.52. The van der Waals surface area contributed by atoms with Gasteiger partial charge in [-0.1, -0.05) is 12.1 Å². The van der Waals surface area contributed by atoms with Crippen molar-refractivity contribution in [3.63, 3.8) is 0 Å². The minimum Gasteiger partial charge on any atom is -0.497 e. The summed E-state index contributed by atoms with van der Waals surface area (Å²) in [6.45, 7) is 1.13. The molecule has 0 unspecified atom stereocenters. The Morgan fingerprint density at radius 1 is 0.931 bits per heavy atom. The number of rotatable bonds is 6. The number of ether oxygens (including phenoxy) is 3. The van der Waals surface area contributed by atoms with Crippen molar-refractivity contribution in [1.82, 2.24) is 10.2 Å². The minimum absolute atomic E-state index is 0.0105. The lowest BCUT2D eigenvalue weighted by atomic mass is 10.0. The molecule has 0 spiro atoms. The Balaban J connectivity index is 1.60. The number of benzene rings is 2. The number of carbonyl (C=O) groups is 2. The first-order valence-electron chi connectivity index (χ1n) is 9.52. The van der Waals surface area contributed by atoms with Crippen molar-refractivity contribution in [2.45, 2.75) is 18.9 Å². The molecule has 0 aromatic heterocycles. The Morgan fingerprint density at radius 3 is 2.14 bits per heavy atom. The zero-order valence-corrected chi connectivity index (χ0v) is 16.9. The molecule has 1 N–H and O–H groups in total. The van der Waals surface area contributed by atoms with Crippen LogP contribution < -0.4 is 19.5 Å². The summed E-state index contributed by atoms with van der Waals surface area (Å²) in [5.74, 6) is 1.46. The summed E-state index contributed by atoms with van der Waals surface area (Å²) in [7, 11) is 4.65. The third-order valence-corrected chi connectivity index (χ3v) is 5.07. The monoisotopic (exact) mass is 398 g/mol. The lowest BCUT2D eigenvalue weighted by Gasteiger charge is -2.32. The second kappa shape index (κ2) is 9.32.